The number of thiazole rings is 1. The lowest BCUT2D eigenvalue weighted by atomic mass is 10.1. The normalized spacial score (nSPS) is 11.1. The Balaban J connectivity index is 2.27. The van der Waals surface area contributed by atoms with Crippen molar-refractivity contribution in [3.8, 4) is 0 Å². The van der Waals surface area contributed by atoms with Crippen LogP contribution >= 0.6 is 11.3 Å². The summed E-state index contributed by atoms with van der Waals surface area (Å²) in [6.45, 7) is 5.94. The molecule has 0 aliphatic heterocycles. The molecule has 0 saturated carbocycles. The van der Waals surface area contributed by atoms with Crippen molar-refractivity contribution in [1.82, 2.24) is 10.1 Å². The Morgan fingerprint density at radius 2 is 2.12 bits per heavy atom. The van der Waals surface area contributed by atoms with Gasteiger partial charge in [0.15, 0.2) is 0 Å². The first-order chi connectivity index (χ1) is 8.15. The zero-order valence-electron chi connectivity index (χ0n) is 10.3. The minimum absolute atomic E-state index is 0.0152. The number of aryl methyl sites for hydroxylation is 3. The third-order valence-electron chi connectivity index (χ3n) is 2.80. The molecule has 0 unspecified atom stereocenters. The summed E-state index contributed by atoms with van der Waals surface area (Å²) in [5, 5.41) is 14.2. The molecule has 0 saturated heterocycles. The lowest BCUT2D eigenvalue weighted by Gasteiger charge is -1.94. The van der Waals surface area contributed by atoms with Crippen LogP contribution in [0.1, 0.15) is 39.5 Å². The molecule has 0 aliphatic carbocycles. The van der Waals surface area contributed by atoms with Crippen molar-refractivity contribution in [2.45, 2.75) is 40.2 Å². The zero-order chi connectivity index (χ0) is 12.4. The van der Waals surface area contributed by atoms with Gasteiger partial charge in [0.2, 0.25) is 0 Å². The minimum atomic E-state index is 0.0152. The van der Waals surface area contributed by atoms with Gasteiger partial charge in [0, 0.05) is 16.9 Å². The Hall–Kier alpha value is -1.20. The second-order valence-corrected chi connectivity index (χ2v) is 5.14. The predicted octanol–water partition coefficient (Wildman–Crippen LogP) is 2.39. The molecule has 2 heterocycles. The molecule has 0 radical (unpaired) electrons. The highest BCUT2D eigenvalue weighted by Crippen LogP contribution is 2.24. The fourth-order valence-electron chi connectivity index (χ4n) is 1.82. The van der Waals surface area contributed by atoms with E-state index in [2.05, 4.69) is 17.1 Å². The number of aromatic nitrogens is 2. The van der Waals surface area contributed by atoms with E-state index in [1.165, 1.54) is 0 Å². The molecule has 0 atom stereocenters. The molecule has 0 aromatic carbocycles. The summed E-state index contributed by atoms with van der Waals surface area (Å²) >= 11 is 1.66. The molecule has 1 N–H and O–H groups in total. The van der Waals surface area contributed by atoms with Crippen molar-refractivity contribution in [3.05, 3.63) is 32.6 Å². The Morgan fingerprint density at radius 1 is 1.35 bits per heavy atom. The summed E-state index contributed by atoms with van der Waals surface area (Å²) in [6.07, 6.45) is 1.65. The predicted molar refractivity (Wildman–Crippen MR) is 66.2 cm³/mol. The second kappa shape index (κ2) is 4.98. The molecule has 0 bridgehead atoms. The third kappa shape index (κ3) is 2.40. The van der Waals surface area contributed by atoms with E-state index in [0.29, 0.717) is 0 Å². The van der Waals surface area contributed by atoms with E-state index in [-0.39, 0.29) is 6.61 Å². The topological polar surface area (TPSA) is 59.2 Å². The molecule has 2 aromatic heterocycles. The largest absolute Gasteiger partial charge is 0.390 e. The van der Waals surface area contributed by atoms with Gasteiger partial charge in [-0.05, 0) is 20.3 Å². The standard InChI is InChI=1S/C12H16N2O2S/c1-4-11-10(6-15)13-12(17-11)5-9-7(2)14-16-8(9)3/h15H,4-6H2,1-3H3. The second-order valence-electron chi connectivity index (χ2n) is 3.97. The first kappa shape index (κ1) is 12.3. The number of hydrogen-bond acceptors (Lipinski definition) is 5. The van der Waals surface area contributed by atoms with Crippen LogP contribution in [0.3, 0.4) is 0 Å². The lowest BCUT2D eigenvalue weighted by molar-refractivity contribution is 0.276. The molecule has 17 heavy (non-hydrogen) atoms. The minimum Gasteiger partial charge on any atom is -0.390 e. The average Bonchev–Trinajstić information content (AvgIpc) is 2.87. The van der Waals surface area contributed by atoms with Gasteiger partial charge in [0.05, 0.1) is 23.0 Å². The van der Waals surface area contributed by atoms with E-state index in [9.17, 15) is 5.11 Å². The van der Waals surface area contributed by atoms with Crippen LogP contribution in [0.2, 0.25) is 0 Å². The summed E-state index contributed by atoms with van der Waals surface area (Å²) in [6, 6.07) is 0. The van der Waals surface area contributed by atoms with Crippen LogP contribution in [0.25, 0.3) is 0 Å². The van der Waals surface area contributed by atoms with Gasteiger partial charge in [-0.2, -0.15) is 0 Å². The van der Waals surface area contributed by atoms with Gasteiger partial charge in [0.25, 0.3) is 0 Å². The van der Waals surface area contributed by atoms with Gasteiger partial charge >= 0.3 is 0 Å². The smallest absolute Gasteiger partial charge is 0.137 e. The van der Waals surface area contributed by atoms with Crippen LogP contribution in [0.15, 0.2) is 4.52 Å². The number of rotatable bonds is 4. The maximum Gasteiger partial charge on any atom is 0.137 e. The molecule has 0 fully saturated rings. The Morgan fingerprint density at radius 3 is 2.59 bits per heavy atom. The fourth-order valence-corrected chi connectivity index (χ4v) is 2.85. The van der Waals surface area contributed by atoms with Crippen LogP contribution < -0.4 is 0 Å². The lowest BCUT2D eigenvalue weighted by Crippen LogP contribution is -1.92. The molecular formula is C12H16N2O2S. The van der Waals surface area contributed by atoms with E-state index < -0.39 is 0 Å². The van der Waals surface area contributed by atoms with Crippen molar-refractivity contribution in [2.75, 3.05) is 0 Å². The van der Waals surface area contributed by atoms with Gasteiger partial charge < -0.3 is 9.63 Å². The molecule has 4 nitrogen and oxygen atoms in total. The van der Waals surface area contributed by atoms with E-state index >= 15 is 0 Å². The molecule has 0 spiro atoms. The number of aliphatic hydroxyl groups excluding tert-OH is 1. The van der Waals surface area contributed by atoms with Crippen molar-refractivity contribution < 1.29 is 9.63 Å². The summed E-state index contributed by atoms with van der Waals surface area (Å²) in [7, 11) is 0. The van der Waals surface area contributed by atoms with Crippen molar-refractivity contribution >= 4 is 11.3 Å². The monoisotopic (exact) mass is 252 g/mol. The number of nitrogens with zero attached hydrogens (tertiary/aromatic N) is 2. The first-order valence-electron chi connectivity index (χ1n) is 5.65. The first-order valence-corrected chi connectivity index (χ1v) is 6.47. The number of aliphatic hydroxyl groups is 1. The zero-order valence-corrected chi connectivity index (χ0v) is 11.1. The fraction of sp³-hybridized carbons (Fsp3) is 0.500. The van der Waals surface area contributed by atoms with E-state index in [4.69, 9.17) is 4.52 Å². The van der Waals surface area contributed by atoms with Crippen molar-refractivity contribution in [2.24, 2.45) is 0 Å². The Kier molecular flexibility index (Phi) is 3.59. The van der Waals surface area contributed by atoms with Crippen LogP contribution in [0.5, 0.6) is 0 Å². The molecule has 2 rings (SSSR count). The van der Waals surface area contributed by atoms with Crippen molar-refractivity contribution in [3.63, 3.8) is 0 Å². The number of hydrogen-bond donors (Lipinski definition) is 1. The molecule has 5 heteroatoms. The van der Waals surface area contributed by atoms with Crippen LogP contribution in [-0.2, 0) is 19.4 Å². The van der Waals surface area contributed by atoms with Crippen LogP contribution in [-0.4, -0.2) is 15.2 Å². The van der Waals surface area contributed by atoms with Gasteiger partial charge in [-0.1, -0.05) is 12.1 Å². The highest BCUT2D eigenvalue weighted by Gasteiger charge is 2.14. The highest BCUT2D eigenvalue weighted by molar-refractivity contribution is 7.11. The summed E-state index contributed by atoms with van der Waals surface area (Å²) in [4.78, 5) is 5.62. The van der Waals surface area contributed by atoms with E-state index in [1.54, 1.807) is 11.3 Å². The molecule has 2 aromatic rings. The van der Waals surface area contributed by atoms with Gasteiger partial charge in [-0.15, -0.1) is 11.3 Å². The van der Waals surface area contributed by atoms with Crippen LogP contribution in [0.4, 0.5) is 0 Å². The molecule has 92 valence electrons. The van der Waals surface area contributed by atoms with Gasteiger partial charge in [-0.3, -0.25) is 0 Å². The third-order valence-corrected chi connectivity index (χ3v) is 4.04. The molecule has 0 aliphatic rings. The highest BCUT2D eigenvalue weighted by atomic mass is 32.1. The van der Waals surface area contributed by atoms with Crippen molar-refractivity contribution in [1.29, 1.82) is 0 Å². The van der Waals surface area contributed by atoms with Gasteiger partial charge in [0.1, 0.15) is 5.76 Å². The molecular weight excluding hydrogens is 236 g/mol. The van der Waals surface area contributed by atoms with E-state index in [0.717, 1.165) is 45.4 Å². The Labute approximate surface area is 104 Å². The summed E-state index contributed by atoms with van der Waals surface area (Å²) in [5.74, 6) is 0.848. The Bertz CT molecular complexity index is 476. The molecule has 0 amide bonds. The summed E-state index contributed by atoms with van der Waals surface area (Å²) < 4.78 is 5.13. The quantitative estimate of drug-likeness (QED) is 0.907. The average molecular weight is 252 g/mol. The SMILES string of the molecule is CCc1sc(Cc2c(C)noc2C)nc1CO. The summed E-state index contributed by atoms with van der Waals surface area (Å²) in [5.41, 5.74) is 2.83. The van der Waals surface area contributed by atoms with Gasteiger partial charge in [-0.25, -0.2) is 4.98 Å². The maximum absolute atomic E-state index is 9.21. The van der Waals surface area contributed by atoms with Crippen LogP contribution in [0, 0.1) is 13.8 Å². The maximum atomic E-state index is 9.21. The van der Waals surface area contributed by atoms with E-state index in [1.807, 2.05) is 13.8 Å².